The number of aliphatic hydroxyl groups excluding tert-OH is 1. The van der Waals surface area contributed by atoms with Gasteiger partial charge in [-0.2, -0.15) is 0 Å². The second-order valence-electron chi connectivity index (χ2n) is 5.06. The van der Waals surface area contributed by atoms with Crippen LogP contribution in [-0.4, -0.2) is 40.0 Å². The highest BCUT2D eigenvalue weighted by molar-refractivity contribution is 5.80. The Hall–Kier alpha value is -1.95. The molecule has 1 aromatic rings. The van der Waals surface area contributed by atoms with E-state index in [1.807, 2.05) is 0 Å². The minimum atomic E-state index is -0.435. The van der Waals surface area contributed by atoms with Gasteiger partial charge in [0.05, 0.1) is 24.0 Å². The van der Waals surface area contributed by atoms with E-state index in [-0.39, 0.29) is 30.7 Å². The molecule has 0 aromatic heterocycles. The number of rotatable bonds is 4. The third-order valence-corrected chi connectivity index (χ3v) is 3.86. The van der Waals surface area contributed by atoms with Crippen LogP contribution >= 0.6 is 0 Å². The number of benzene rings is 1. The first-order valence-electron chi connectivity index (χ1n) is 6.67. The fourth-order valence-electron chi connectivity index (χ4n) is 2.68. The smallest absolute Gasteiger partial charge is 0.272 e. The largest absolute Gasteiger partial charge is 0.394 e. The molecule has 1 fully saturated rings. The summed E-state index contributed by atoms with van der Waals surface area (Å²) in [6.07, 6.45) is 1.85. The summed E-state index contributed by atoms with van der Waals surface area (Å²) in [5.74, 6) is -0.0786. The summed E-state index contributed by atoms with van der Waals surface area (Å²) in [4.78, 5) is 24.4. The molecule has 1 heterocycles. The summed E-state index contributed by atoms with van der Waals surface area (Å²) >= 11 is 0. The summed E-state index contributed by atoms with van der Waals surface area (Å²) in [7, 11) is 0. The molecular weight excluding hydrogens is 260 g/mol. The van der Waals surface area contributed by atoms with Crippen molar-refractivity contribution >= 4 is 11.6 Å². The third-order valence-electron chi connectivity index (χ3n) is 3.86. The lowest BCUT2D eigenvalue weighted by Crippen LogP contribution is -2.38. The van der Waals surface area contributed by atoms with Crippen molar-refractivity contribution in [2.75, 3.05) is 13.2 Å². The van der Waals surface area contributed by atoms with Gasteiger partial charge in [-0.3, -0.25) is 14.9 Å². The quantitative estimate of drug-likeness (QED) is 0.667. The van der Waals surface area contributed by atoms with E-state index in [4.69, 9.17) is 0 Å². The zero-order valence-corrected chi connectivity index (χ0v) is 11.4. The number of carbonyl (C=O) groups excluding carboxylic acids is 1. The summed E-state index contributed by atoms with van der Waals surface area (Å²) in [5.41, 5.74) is 1.24. The predicted octanol–water partition coefficient (Wildman–Crippen LogP) is 1.43. The van der Waals surface area contributed by atoms with Gasteiger partial charge in [0, 0.05) is 18.2 Å². The molecule has 1 saturated heterocycles. The van der Waals surface area contributed by atoms with Crippen molar-refractivity contribution in [2.24, 2.45) is 0 Å². The maximum Gasteiger partial charge on any atom is 0.272 e. The van der Waals surface area contributed by atoms with Crippen LogP contribution < -0.4 is 0 Å². The number of aliphatic hydroxyl groups is 1. The van der Waals surface area contributed by atoms with Gasteiger partial charge in [0.2, 0.25) is 5.91 Å². The second-order valence-corrected chi connectivity index (χ2v) is 5.06. The Bertz CT molecular complexity index is 530. The summed E-state index contributed by atoms with van der Waals surface area (Å²) in [5, 5.41) is 20.1. The molecule has 0 spiro atoms. The molecule has 0 aliphatic carbocycles. The highest BCUT2D eigenvalue weighted by Gasteiger charge is 2.28. The Labute approximate surface area is 117 Å². The maximum atomic E-state index is 12.3. The Morgan fingerprint density at radius 2 is 2.30 bits per heavy atom. The number of nitro groups is 1. The van der Waals surface area contributed by atoms with E-state index in [9.17, 15) is 20.0 Å². The molecule has 20 heavy (non-hydrogen) atoms. The van der Waals surface area contributed by atoms with Crippen LogP contribution in [0.4, 0.5) is 5.69 Å². The molecule has 0 bridgehead atoms. The Kier molecular flexibility index (Phi) is 4.34. The van der Waals surface area contributed by atoms with Crippen LogP contribution in [0, 0.1) is 17.0 Å². The topological polar surface area (TPSA) is 83.7 Å². The molecule has 1 aromatic carbocycles. The van der Waals surface area contributed by atoms with Crippen LogP contribution in [0.2, 0.25) is 0 Å². The first-order valence-corrected chi connectivity index (χ1v) is 6.67. The van der Waals surface area contributed by atoms with Crippen LogP contribution in [0.15, 0.2) is 18.2 Å². The number of nitrogens with zero attached hydrogens (tertiary/aromatic N) is 2. The average molecular weight is 278 g/mol. The predicted molar refractivity (Wildman–Crippen MR) is 73.4 cm³/mol. The minimum absolute atomic E-state index is 0.0281. The van der Waals surface area contributed by atoms with E-state index in [0.717, 1.165) is 12.8 Å². The van der Waals surface area contributed by atoms with Gasteiger partial charge in [-0.15, -0.1) is 0 Å². The van der Waals surface area contributed by atoms with E-state index in [0.29, 0.717) is 17.7 Å². The van der Waals surface area contributed by atoms with Crippen molar-refractivity contribution < 1.29 is 14.8 Å². The van der Waals surface area contributed by atoms with Gasteiger partial charge in [0.25, 0.3) is 5.69 Å². The van der Waals surface area contributed by atoms with Crippen molar-refractivity contribution in [1.82, 2.24) is 4.90 Å². The molecule has 1 N–H and O–H groups in total. The number of nitro benzene ring substituents is 1. The van der Waals surface area contributed by atoms with Gasteiger partial charge in [0.15, 0.2) is 0 Å². The van der Waals surface area contributed by atoms with Crippen molar-refractivity contribution in [3.8, 4) is 0 Å². The molecule has 1 aliphatic rings. The molecule has 0 saturated carbocycles. The van der Waals surface area contributed by atoms with Gasteiger partial charge >= 0.3 is 0 Å². The number of carbonyl (C=O) groups is 1. The Morgan fingerprint density at radius 3 is 2.95 bits per heavy atom. The summed E-state index contributed by atoms with van der Waals surface area (Å²) in [6, 6.07) is 4.67. The molecule has 1 atom stereocenters. The maximum absolute atomic E-state index is 12.3. The van der Waals surface area contributed by atoms with Gasteiger partial charge in [-0.25, -0.2) is 0 Å². The zero-order valence-electron chi connectivity index (χ0n) is 11.4. The highest BCUT2D eigenvalue weighted by atomic mass is 16.6. The molecule has 0 unspecified atom stereocenters. The van der Waals surface area contributed by atoms with Crippen LogP contribution in [0.3, 0.4) is 0 Å². The third kappa shape index (κ3) is 2.80. The highest BCUT2D eigenvalue weighted by Crippen LogP contribution is 2.23. The first kappa shape index (κ1) is 14.5. The van der Waals surface area contributed by atoms with E-state index >= 15 is 0 Å². The molecule has 6 heteroatoms. The van der Waals surface area contributed by atoms with E-state index in [1.165, 1.54) is 6.07 Å². The number of likely N-dealkylation sites (tertiary alicyclic amines) is 1. The second kappa shape index (κ2) is 6.00. The van der Waals surface area contributed by atoms with Crippen molar-refractivity contribution in [3.63, 3.8) is 0 Å². The molecule has 2 rings (SSSR count). The van der Waals surface area contributed by atoms with Crippen LogP contribution in [0.5, 0.6) is 0 Å². The average Bonchev–Trinajstić information content (AvgIpc) is 2.89. The number of hydrogen-bond acceptors (Lipinski definition) is 4. The SMILES string of the molecule is Cc1c(CC(=O)N2CCC[C@@H]2CO)cccc1[N+](=O)[O-]. The molecular formula is C14H18N2O4. The van der Waals surface area contributed by atoms with Gasteiger partial charge in [0.1, 0.15) is 0 Å². The fraction of sp³-hybridized carbons (Fsp3) is 0.500. The number of hydrogen-bond donors (Lipinski definition) is 1. The van der Waals surface area contributed by atoms with Crippen molar-refractivity contribution in [2.45, 2.75) is 32.2 Å². The monoisotopic (exact) mass is 278 g/mol. The van der Waals surface area contributed by atoms with E-state index in [1.54, 1.807) is 24.0 Å². The standard InChI is InChI=1S/C14H18N2O4/c1-10-11(4-2-6-13(10)16(19)20)8-14(18)15-7-3-5-12(15)9-17/h2,4,6,12,17H,3,5,7-9H2,1H3/t12-/m1/s1. The summed E-state index contributed by atoms with van der Waals surface area (Å²) in [6.45, 7) is 2.28. The van der Waals surface area contributed by atoms with Crippen LogP contribution in [0.1, 0.15) is 24.0 Å². The summed E-state index contributed by atoms with van der Waals surface area (Å²) < 4.78 is 0. The number of amides is 1. The van der Waals surface area contributed by atoms with Gasteiger partial charge < -0.3 is 10.0 Å². The van der Waals surface area contributed by atoms with Crippen molar-refractivity contribution in [1.29, 1.82) is 0 Å². The van der Waals surface area contributed by atoms with Crippen LogP contribution in [-0.2, 0) is 11.2 Å². The molecule has 1 amide bonds. The lowest BCUT2D eigenvalue weighted by atomic mass is 10.0. The van der Waals surface area contributed by atoms with E-state index in [2.05, 4.69) is 0 Å². The minimum Gasteiger partial charge on any atom is -0.394 e. The van der Waals surface area contributed by atoms with E-state index < -0.39 is 4.92 Å². The lowest BCUT2D eigenvalue weighted by molar-refractivity contribution is -0.385. The van der Waals surface area contributed by atoms with Gasteiger partial charge in [-0.05, 0) is 25.3 Å². The Morgan fingerprint density at radius 1 is 1.55 bits per heavy atom. The fourth-order valence-corrected chi connectivity index (χ4v) is 2.68. The zero-order chi connectivity index (χ0) is 14.7. The lowest BCUT2D eigenvalue weighted by Gasteiger charge is -2.23. The Balaban J connectivity index is 2.16. The normalized spacial score (nSPS) is 18.3. The molecule has 108 valence electrons. The van der Waals surface area contributed by atoms with Crippen molar-refractivity contribution in [3.05, 3.63) is 39.4 Å². The molecule has 0 radical (unpaired) electrons. The molecule has 1 aliphatic heterocycles. The molecule has 6 nitrogen and oxygen atoms in total. The van der Waals surface area contributed by atoms with Gasteiger partial charge in [-0.1, -0.05) is 12.1 Å². The van der Waals surface area contributed by atoms with Crippen LogP contribution in [0.25, 0.3) is 0 Å². The first-order chi connectivity index (χ1) is 9.54.